The Bertz CT molecular complexity index is 1070. The number of hydrogen-bond acceptors (Lipinski definition) is 6. The van der Waals surface area contributed by atoms with Crippen LogP contribution in [-0.2, 0) is 10.0 Å². The standard InChI is InChI=1S/C20H22ClN3O4S/c1-27-18-7-6-15(21)12-19(18)29(25,26)22-13-14-8-10-24(11-9-14)20-23-16-4-2-3-5-17(16)28-20/h2-7,12,14,22H,8-11,13H2,1H3. The van der Waals surface area contributed by atoms with E-state index in [9.17, 15) is 8.42 Å². The van der Waals surface area contributed by atoms with Gasteiger partial charge in [-0.25, -0.2) is 13.1 Å². The van der Waals surface area contributed by atoms with Gasteiger partial charge in [-0.1, -0.05) is 23.7 Å². The van der Waals surface area contributed by atoms with Crippen molar-refractivity contribution in [2.75, 3.05) is 31.6 Å². The summed E-state index contributed by atoms with van der Waals surface area (Å²) in [6, 6.07) is 12.8. The van der Waals surface area contributed by atoms with E-state index in [2.05, 4.69) is 14.6 Å². The number of anilines is 1. The van der Waals surface area contributed by atoms with Gasteiger partial charge in [0.25, 0.3) is 6.01 Å². The Hall–Kier alpha value is -2.29. The number of sulfonamides is 1. The molecule has 0 bridgehead atoms. The lowest BCUT2D eigenvalue weighted by molar-refractivity contribution is 0.385. The van der Waals surface area contributed by atoms with Gasteiger partial charge in [-0.15, -0.1) is 0 Å². The number of methoxy groups -OCH3 is 1. The van der Waals surface area contributed by atoms with Gasteiger partial charge in [0.2, 0.25) is 10.0 Å². The van der Waals surface area contributed by atoms with Crippen molar-refractivity contribution in [1.82, 2.24) is 9.71 Å². The lowest BCUT2D eigenvalue weighted by atomic mass is 9.97. The zero-order valence-corrected chi connectivity index (χ0v) is 17.5. The van der Waals surface area contributed by atoms with Gasteiger partial charge in [0.05, 0.1) is 7.11 Å². The lowest BCUT2D eigenvalue weighted by Gasteiger charge is -2.30. The number of ether oxygens (including phenoxy) is 1. The van der Waals surface area contributed by atoms with Gasteiger partial charge >= 0.3 is 0 Å². The van der Waals surface area contributed by atoms with E-state index in [1.807, 2.05) is 24.3 Å². The molecule has 0 spiro atoms. The van der Waals surface area contributed by atoms with Gasteiger partial charge in [0.15, 0.2) is 5.58 Å². The van der Waals surface area contributed by atoms with Crippen LogP contribution in [0.5, 0.6) is 5.75 Å². The summed E-state index contributed by atoms with van der Waals surface area (Å²) in [5.74, 6) is 0.503. The second-order valence-electron chi connectivity index (χ2n) is 7.04. The summed E-state index contributed by atoms with van der Waals surface area (Å²) in [5, 5.41) is 0.345. The number of halogens is 1. The second-order valence-corrected chi connectivity index (χ2v) is 9.21. The van der Waals surface area contributed by atoms with Gasteiger partial charge in [0, 0.05) is 24.7 Å². The van der Waals surface area contributed by atoms with Crippen LogP contribution in [0.2, 0.25) is 5.02 Å². The summed E-state index contributed by atoms with van der Waals surface area (Å²) < 4.78 is 39.1. The molecule has 3 aromatic rings. The molecule has 0 aliphatic carbocycles. The Kier molecular flexibility index (Phi) is 5.67. The number of fused-ring (bicyclic) bond motifs is 1. The van der Waals surface area contributed by atoms with Gasteiger partial charge in [-0.2, -0.15) is 4.98 Å². The first kappa shape index (κ1) is 20.0. The molecule has 0 atom stereocenters. The minimum atomic E-state index is -3.71. The predicted molar refractivity (Wildman–Crippen MR) is 112 cm³/mol. The fraction of sp³-hybridized carbons (Fsp3) is 0.350. The van der Waals surface area contributed by atoms with E-state index < -0.39 is 10.0 Å². The van der Waals surface area contributed by atoms with E-state index >= 15 is 0 Å². The van der Waals surface area contributed by atoms with E-state index in [0.29, 0.717) is 17.6 Å². The zero-order valence-electron chi connectivity index (χ0n) is 16.0. The third-order valence-corrected chi connectivity index (χ3v) is 6.82. The molecule has 0 amide bonds. The maximum Gasteiger partial charge on any atom is 0.298 e. The predicted octanol–water partition coefficient (Wildman–Crippen LogP) is 3.68. The summed E-state index contributed by atoms with van der Waals surface area (Å²) in [6.07, 6.45) is 1.68. The molecular weight excluding hydrogens is 414 g/mol. The number of nitrogens with zero attached hydrogens (tertiary/aromatic N) is 2. The monoisotopic (exact) mass is 435 g/mol. The molecule has 2 aromatic carbocycles. The highest BCUT2D eigenvalue weighted by Gasteiger charge is 2.26. The molecule has 2 heterocycles. The van der Waals surface area contributed by atoms with Crippen LogP contribution in [-0.4, -0.2) is 40.1 Å². The van der Waals surface area contributed by atoms with Crippen molar-refractivity contribution in [2.45, 2.75) is 17.7 Å². The minimum Gasteiger partial charge on any atom is -0.495 e. The van der Waals surface area contributed by atoms with Crippen molar-refractivity contribution in [2.24, 2.45) is 5.92 Å². The largest absolute Gasteiger partial charge is 0.495 e. The van der Waals surface area contributed by atoms with E-state index in [1.165, 1.54) is 13.2 Å². The van der Waals surface area contributed by atoms with Crippen LogP contribution in [0.3, 0.4) is 0 Å². The van der Waals surface area contributed by atoms with E-state index in [-0.39, 0.29) is 16.6 Å². The number of benzene rings is 2. The highest BCUT2D eigenvalue weighted by Crippen LogP contribution is 2.28. The van der Waals surface area contributed by atoms with Gasteiger partial charge in [-0.05, 0) is 49.1 Å². The van der Waals surface area contributed by atoms with Crippen LogP contribution >= 0.6 is 11.6 Å². The lowest BCUT2D eigenvalue weighted by Crippen LogP contribution is -2.38. The summed E-state index contributed by atoms with van der Waals surface area (Å²) in [4.78, 5) is 6.69. The van der Waals surface area contributed by atoms with Gasteiger partial charge in [-0.3, -0.25) is 0 Å². The molecule has 0 saturated carbocycles. The van der Waals surface area contributed by atoms with E-state index in [0.717, 1.165) is 37.0 Å². The quantitative estimate of drug-likeness (QED) is 0.635. The molecular formula is C20H22ClN3O4S. The number of piperidine rings is 1. The first-order valence-corrected chi connectivity index (χ1v) is 11.3. The van der Waals surface area contributed by atoms with E-state index in [1.54, 1.807) is 12.1 Å². The molecule has 29 heavy (non-hydrogen) atoms. The molecule has 9 heteroatoms. The Morgan fingerprint density at radius 3 is 2.72 bits per heavy atom. The highest BCUT2D eigenvalue weighted by molar-refractivity contribution is 7.89. The normalized spacial score (nSPS) is 15.7. The molecule has 1 fully saturated rings. The smallest absolute Gasteiger partial charge is 0.298 e. The number of aromatic nitrogens is 1. The maximum atomic E-state index is 12.7. The summed E-state index contributed by atoms with van der Waals surface area (Å²) >= 11 is 5.96. The first-order chi connectivity index (χ1) is 14.0. The molecule has 0 radical (unpaired) electrons. The van der Waals surface area contributed by atoms with Crippen LogP contribution in [0.1, 0.15) is 12.8 Å². The second kappa shape index (κ2) is 8.22. The number of nitrogens with one attached hydrogen (secondary N) is 1. The van der Waals surface area contributed by atoms with Crippen molar-refractivity contribution >= 4 is 38.7 Å². The number of hydrogen-bond donors (Lipinski definition) is 1. The molecule has 154 valence electrons. The molecule has 1 aromatic heterocycles. The Morgan fingerprint density at radius 2 is 2.00 bits per heavy atom. The third-order valence-electron chi connectivity index (χ3n) is 5.14. The van der Waals surface area contributed by atoms with Crippen LogP contribution in [0, 0.1) is 5.92 Å². The minimum absolute atomic E-state index is 0.0522. The van der Waals surface area contributed by atoms with Crippen molar-refractivity contribution in [3.05, 3.63) is 47.5 Å². The summed E-state index contributed by atoms with van der Waals surface area (Å²) in [7, 11) is -2.28. The highest BCUT2D eigenvalue weighted by atomic mass is 35.5. The van der Waals surface area contributed by atoms with E-state index in [4.69, 9.17) is 20.8 Å². The average molecular weight is 436 g/mol. The van der Waals surface area contributed by atoms with Crippen molar-refractivity contribution < 1.29 is 17.6 Å². The van der Waals surface area contributed by atoms with Crippen molar-refractivity contribution in [3.63, 3.8) is 0 Å². The van der Waals surface area contributed by atoms with Crippen LogP contribution in [0.25, 0.3) is 11.1 Å². The molecule has 1 N–H and O–H groups in total. The SMILES string of the molecule is COc1ccc(Cl)cc1S(=O)(=O)NCC1CCN(c2nc3ccccc3o2)CC1. The average Bonchev–Trinajstić information content (AvgIpc) is 3.17. The summed E-state index contributed by atoms with van der Waals surface area (Å²) in [5.41, 5.74) is 1.61. The number of rotatable bonds is 6. The Labute approximate surface area is 174 Å². The van der Waals surface area contributed by atoms with Crippen LogP contribution in [0.15, 0.2) is 51.8 Å². The Balaban J connectivity index is 1.37. The Morgan fingerprint density at radius 1 is 1.24 bits per heavy atom. The van der Waals surface area contributed by atoms with Crippen molar-refractivity contribution in [3.8, 4) is 5.75 Å². The molecule has 0 unspecified atom stereocenters. The third kappa shape index (κ3) is 4.34. The topological polar surface area (TPSA) is 84.7 Å². The first-order valence-electron chi connectivity index (χ1n) is 9.40. The number of oxazole rings is 1. The van der Waals surface area contributed by atoms with Gasteiger partial charge < -0.3 is 14.1 Å². The van der Waals surface area contributed by atoms with Crippen LogP contribution < -0.4 is 14.4 Å². The fourth-order valence-corrected chi connectivity index (χ4v) is 5.04. The van der Waals surface area contributed by atoms with Crippen LogP contribution in [0.4, 0.5) is 6.01 Å². The van der Waals surface area contributed by atoms with Gasteiger partial charge in [0.1, 0.15) is 16.2 Å². The molecule has 1 aliphatic heterocycles. The maximum absolute atomic E-state index is 12.7. The molecule has 1 saturated heterocycles. The fourth-order valence-electron chi connectivity index (χ4n) is 3.49. The molecule has 4 rings (SSSR count). The number of para-hydroxylation sites is 2. The molecule has 1 aliphatic rings. The van der Waals surface area contributed by atoms with Crippen molar-refractivity contribution in [1.29, 1.82) is 0 Å². The summed E-state index contributed by atoms with van der Waals surface area (Å²) in [6.45, 7) is 1.89. The zero-order chi connectivity index (χ0) is 20.4. The molecule has 7 nitrogen and oxygen atoms in total.